The lowest BCUT2D eigenvalue weighted by Crippen LogP contribution is -2.31. The van der Waals surface area contributed by atoms with E-state index in [1.165, 1.54) is 36.4 Å². The van der Waals surface area contributed by atoms with Crippen LogP contribution < -0.4 is 15.6 Å². The van der Waals surface area contributed by atoms with E-state index in [2.05, 4.69) is 16.5 Å². The van der Waals surface area contributed by atoms with E-state index >= 15 is 0 Å². The quantitative estimate of drug-likeness (QED) is 0.667. The Hall–Kier alpha value is -3.48. The summed E-state index contributed by atoms with van der Waals surface area (Å²) < 4.78 is 19.8. The summed E-state index contributed by atoms with van der Waals surface area (Å²) in [6.45, 7) is 4.56. The minimum absolute atomic E-state index is 0.0790. The van der Waals surface area contributed by atoms with Crippen molar-refractivity contribution in [2.75, 3.05) is 13.2 Å². The van der Waals surface area contributed by atoms with E-state index in [-0.39, 0.29) is 12.2 Å². The van der Waals surface area contributed by atoms with Crippen LogP contribution in [-0.4, -0.2) is 28.8 Å². The van der Waals surface area contributed by atoms with Crippen molar-refractivity contribution in [3.05, 3.63) is 87.6 Å². The van der Waals surface area contributed by atoms with Gasteiger partial charge in [-0.05, 0) is 67.4 Å². The zero-order chi connectivity index (χ0) is 20.1. The van der Waals surface area contributed by atoms with Gasteiger partial charge in [0.2, 0.25) is 0 Å². The number of nitrogens with one attached hydrogen (secondary N) is 1. The molecule has 0 fully saturated rings. The van der Waals surface area contributed by atoms with Gasteiger partial charge in [-0.2, -0.15) is 9.78 Å². The number of hydrogen-bond acceptors (Lipinski definition) is 4. The molecule has 0 aliphatic carbocycles. The van der Waals surface area contributed by atoms with Gasteiger partial charge in [0.25, 0.3) is 11.5 Å². The molecule has 144 valence electrons. The summed E-state index contributed by atoms with van der Waals surface area (Å²) in [6.07, 6.45) is 0. The Balaban J connectivity index is 1.62. The number of aromatic nitrogens is 2. The molecule has 3 aromatic rings. The average molecular weight is 381 g/mol. The van der Waals surface area contributed by atoms with E-state index in [0.717, 1.165) is 21.6 Å². The third-order valence-electron chi connectivity index (χ3n) is 3.96. The number of amides is 1. The highest BCUT2D eigenvalue weighted by molar-refractivity contribution is 5.92. The monoisotopic (exact) mass is 381 g/mol. The summed E-state index contributed by atoms with van der Waals surface area (Å²) in [6, 6.07) is 13.8. The number of benzene rings is 2. The van der Waals surface area contributed by atoms with E-state index in [9.17, 15) is 14.0 Å². The summed E-state index contributed by atoms with van der Waals surface area (Å²) in [4.78, 5) is 24.3. The third kappa shape index (κ3) is 4.82. The number of carbonyl (C=O) groups excluding carboxylic acids is 1. The number of carbonyl (C=O) groups is 1. The van der Waals surface area contributed by atoms with Crippen LogP contribution in [-0.2, 0) is 0 Å². The van der Waals surface area contributed by atoms with Crippen LogP contribution in [0.2, 0.25) is 0 Å². The molecule has 28 heavy (non-hydrogen) atoms. The number of halogens is 1. The van der Waals surface area contributed by atoms with Crippen LogP contribution >= 0.6 is 0 Å². The van der Waals surface area contributed by atoms with Crippen molar-refractivity contribution in [3.63, 3.8) is 0 Å². The van der Waals surface area contributed by atoms with Crippen LogP contribution in [0.5, 0.6) is 5.75 Å². The molecule has 2 aromatic carbocycles. The summed E-state index contributed by atoms with van der Waals surface area (Å²) in [5.74, 6) is -0.107. The smallest absolute Gasteiger partial charge is 0.271 e. The highest BCUT2D eigenvalue weighted by Crippen LogP contribution is 2.15. The number of nitrogens with zero attached hydrogens (tertiary/aromatic N) is 2. The van der Waals surface area contributed by atoms with Crippen LogP contribution in [0.1, 0.15) is 21.6 Å². The summed E-state index contributed by atoms with van der Waals surface area (Å²) in [5.41, 5.74) is 2.24. The number of rotatable bonds is 6. The van der Waals surface area contributed by atoms with Gasteiger partial charge in [0, 0.05) is 6.07 Å². The molecule has 1 N–H and O–H groups in total. The van der Waals surface area contributed by atoms with Crippen LogP contribution in [0.3, 0.4) is 0 Å². The molecule has 0 saturated carbocycles. The molecule has 6 nitrogen and oxygen atoms in total. The van der Waals surface area contributed by atoms with Gasteiger partial charge < -0.3 is 10.1 Å². The molecular formula is C21H20FN3O3. The Morgan fingerprint density at radius 2 is 1.75 bits per heavy atom. The molecule has 0 atom stereocenters. The Bertz CT molecular complexity index is 1030. The second-order valence-electron chi connectivity index (χ2n) is 6.37. The van der Waals surface area contributed by atoms with Gasteiger partial charge in [-0.15, -0.1) is 0 Å². The minimum atomic E-state index is -0.431. The van der Waals surface area contributed by atoms with Crippen molar-refractivity contribution >= 4 is 5.91 Å². The maximum Gasteiger partial charge on any atom is 0.271 e. The van der Waals surface area contributed by atoms with E-state index in [1.807, 2.05) is 26.0 Å². The largest absolute Gasteiger partial charge is 0.492 e. The second kappa shape index (κ2) is 8.47. The molecule has 0 aliphatic heterocycles. The lowest BCUT2D eigenvalue weighted by atomic mass is 10.1. The molecule has 0 spiro atoms. The molecule has 1 heterocycles. The Kier molecular flexibility index (Phi) is 5.84. The molecule has 1 amide bonds. The molecule has 0 unspecified atom stereocenters. The molecule has 1 aromatic heterocycles. The zero-order valence-corrected chi connectivity index (χ0v) is 15.6. The lowest BCUT2D eigenvalue weighted by Gasteiger charge is -2.10. The normalized spacial score (nSPS) is 10.5. The first-order valence-electron chi connectivity index (χ1n) is 8.78. The minimum Gasteiger partial charge on any atom is -0.492 e. The van der Waals surface area contributed by atoms with Gasteiger partial charge in [0.1, 0.15) is 23.9 Å². The van der Waals surface area contributed by atoms with Crippen LogP contribution in [0.25, 0.3) is 5.69 Å². The van der Waals surface area contributed by atoms with Gasteiger partial charge in [-0.1, -0.05) is 6.07 Å². The van der Waals surface area contributed by atoms with Gasteiger partial charge in [-0.3, -0.25) is 9.59 Å². The fourth-order valence-electron chi connectivity index (χ4n) is 2.74. The topological polar surface area (TPSA) is 73.2 Å². The van der Waals surface area contributed by atoms with E-state index in [4.69, 9.17) is 4.74 Å². The van der Waals surface area contributed by atoms with E-state index < -0.39 is 17.3 Å². The summed E-state index contributed by atoms with van der Waals surface area (Å²) in [7, 11) is 0. The Morgan fingerprint density at radius 3 is 2.43 bits per heavy atom. The fraction of sp³-hybridized carbons (Fsp3) is 0.190. The van der Waals surface area contributed by atoms with Crippen molar-refractivity contribution in [3.8, 4) is 11.4 Å². The Labute approximate surface area is 161 Å². The molecule has 0 saturated heterocycles. The fourth-order valence-corrected chi connectivity index (χ4v) is 2.74. The zero-order valence-electron chi connectivity index (χ0n) is 15.6. The van der Waals surface area contributed by atoms with Gasteiger partial charge in [0.15, 0.2) is 0 Å². The predicted octanol–water partition coefficient (Wildman–Crippen LogP) is 2.80. The predicted molar refractivity (Wildman–Crippen MR) is 104 cm³/mol. The molecule has 7 heteroatoms. The van der Waals surface area contributed by atoms with Gasteiger partial charge in [-0.25, -0.2) is 4.39 Å². The maximum absolute atomic E-state index is 13.1. The SMILES string of the molecule is Cc1cc(C)cc(OCCNC(=O)c2ccc(=O)n(-c3ccc(F)cc3)n2)c1. The molecule has 0 bridgehead atoms. The van der Waals surface area contributed by atoms with Crippen LogP contribution in [0.15, 0.2) is 59.4 Å². The maximum atomic E-state index is 13.1. The first kappa shape index (κ1) is 19.3. The van der Waals surface area contributed by atoms with Gasteiger partial charge >= 0.3 is 0 Å². The first-order valence-corrected chi connectivity index (χ1v) is 8.78. The molecule has 0 radical (unpaired) electrons. The van der Waals surface area contributed by atoms with Crippen LogP contribution in [0, 0.1) is 19.7 Å². The average Bonchev–Trinajstić information content (AvgIpc) is 2.65. The second-order valence-corrected chi connectivity index (χ2v) is 6.37. The van der Waals surface area contributed by atoms with E-state index in [1.54, 1.807) is 0 Å². The van der Waals surface area contributed by atoms with E-state index in [0.29, 0.717) is 12.3 Å². The summed E-state index contributed by atoms with van der Waals surface area (Å²) in [5, 5.41) is 6.76. The van der Waals surface area contributed by atoms with Crippen LogP contribution in [0.4, 0.5) is 4.39 Å². The standard InChI is InChI=1S/C21H20FN3O3/c1-14-11-15(2)13-18(12-14)28-10-9-23-21(27)19-7-8-20(26)25(24-19)17-5-3-16(22)4-6-17/h3-8,11-13H,9-10H2,1-2H3,(H,23,27). The molecule has 3 rings (SSSR count). The van der Waals surface area contributed by atoms with Crippen molar-refractivity contribution in [2.24, 2.45) is 0 Å². The number of hydrogen-bond donors (Lipinski definition) is 1. The lowest BCUT2D eigenvalue weighted by molar-refractivity contribution is 0.0940. The van der Waals surface area contributed by atoms with Crippen molar-refractivity contribution in [1.29, 1.82) is 0 Å². The molecular weight excluding hydrogens is 361 g/mol. The number of ether oxygens (including phenoxy) is 1. The van der Waals surface area contributed by atoms with Gasteiger partial charge in [0.05, 0.1) is 12.2 Å². The van der Waals surface area contributed by atoms with Crippen molar-refractivity contribution in [1.82, 2.24) is 15.1 Å². The highest BCUT2D eigenvalue weighted by atomic mass is 19.1. The first-order chi connectivity index (χ1) is 13.4. The van der Waals surface area contributed by atoms with Crippen molar-refractivity contribution < 1.29 is 13.9 Å². The molecule has 0 aliphatic rings. The number of aryl methyl sites for hydroxylation is 2. The highest BCUT2D eigenvalue weighted by Gasteiger charge is 2.10. The Morgan fingerprint density at radius 1 is 1.07 bits per heavy atom. The third-order valence-corrected chi connectivity index (χ3v) is 3.96. The van der Waals surface area contributed by atoms with Crippen molar-refractivity contribution in [2.45, 2.75) is 13.8 Å². The summed E-state index contributed by atoms with van der Waals surface area (Å²) >= 11 is 0.